The number of halogens is 1. The normalized spacial score (nSPS) is 15.4. The van der Waals surface area contributed by atoms with Gasteiger partial charge in [0.25, 0.3) is 0 Å². The van der Waals surface area contributed by atoms with Crippen LogP contribution in [0.25, 0.3) is 11.0 Å². The molecule has 27 heavy (non-hydrogen) atoms. The summed E-state index contributed by atoms with van der Waals surface area (Å²) in [5, 5.41) is 0. The van der Waals surface area contributed by atoms with Crippen LogP contribution in [0.15, 0.2) is 53.4 Å². The molecule has 1 N–H and O–H groups in total. The molecular formula is C18H20ClN3O4S. The first-order valence-electron chi connectivity index (χ1n) is 8.37. The number of aromatic nitrogens is 2. The molecule has 1 aromatic heterocycles. The van der Waals surface area contributed by atoms with Crippen LogP contribution in [0.3, 0.4) is 0 Å². The van der Waals surface area contributed by atoms with Crippen molar-refractivity contribution in [3.05, 3.63) is 54.4 Å². The highest BCUT2D eigenvalue weighted by Crippen LogP contribution is 2.22. The molecule has 1 aliphatic rings. The second kappa shape index (κ2) is 8.26. The molecule has 7 nitrogen and oxygen atoms in total. The van der Waals surface area contributed by atoms with Crippen molar-refractivity contribution in [2.24, 2.45) is 0 Å². The number of nitrogens with zero attached hydrogens (tertiary/aromatic N) is 2. The molecule has 0 bridgehead atoms. The van der Waals surface area contributed by atoms with Crippen LogP contribution in [0.1, 0.15) is 5.82 Å². The molecule has 1 fully saturated rings. The summed E-state index contributed by atoms with van der Waals surface area (Å²) < 4.78 is 37.9. The fourth-order valence-corrected chi connectivity index (χ4v) is 4.31. The average molecular weight is 410 g/mol. The molecular weight excluding hydrogens is 390 g/mol. The van der Waals surface area contributed by atoms with Gasteiger partial charge in [-0.25, -0.2) is 13.4 Å². The summed E-state index contributed by atoms with van der Waals surface area (Å²) in [4.78, 5) is 7.85. The van der Waals surface area contributed by atoms with E-state index in [1.165, 1.54) is 4.31 Å². The van der Waals surface area contributed by atoms with Crippen LogP contribution in [0.5, 0.6) is 5.75 Å². The lowest BCUT2D eigenvalue weighted by Gasteiger charge is -2.25. The molecule has 0 atom stereocenters. The molecule has 0 spiro atoms. The van der Waals surface area contributed by atoms with Crippen molar-refractivity contribution in [2.45, 2.75) is 11.5 Å². The highest BCUT2D eigenvalue weighted by molar-refractivity contribution is 7.89. The second-order valence-corrected chi connectivity index (χ2v) is 7.92. The lowest BCUT2D eigenvalue weighted by Crippen LogP contribution is -2.40. The Morgan fingerprint density at radius 3 is 2.59 bits per heavy atom. The SMILES string of the molecule is Cl.O=S(=O)(c1ccc2nc(COc3ccccc3)[nH]c2c1)N1CCOCC1. The first-order chi connectivity index (χ1) is 12.6. The van der Waals surface area contributed by atoms with Crippen LogP contribution in [-0.4, -0.2) is 49.0 Å². The van der Waals surface area contributed by atoms with Crippen LogP contribution >= 0.6 is 12.4 Å². The Bertz CT molecular complexity index is 1000. The summed E-state index contributed by atoms with van der Waals surface area (Å²) in [6, 6.07) is 14.4. The zero-order valence-electron chi connectivity index (χ0n) is 14.5. The Kier molecular flexibility index (Phi) is 6.01. The van der Waals surface area contributed by atoms with Crippen LogP contribution in [0.4, 0.5) is 0 Å². The molecule has 0 unspecified atom stereocenters. The fourth-order valence-electron chi connectivity index (χ4n) is 2.87. The standard InChI is InChI=1S/C18H19N3O4S.ClH/c22-26(23,21-8-10-24-11-9-21)15-6-7-16-17(12-15)20-18(19-16)13-25-14-4-2-1-3-5-14;/h1-7,12H,8-11,13H2,(H,19,20);1H. The van der Waals surface area contributed by atoms with E-state index in [2.05, 4.69) is 9.97 Å². The molecule has 0 saturated carbocycles. The number of hydrogen-bond donors (Lipinski definition) is 1. The lowest BCUT2D eigenvalue weighted by atomic mass is 10.3. The van der Waals surface area contributed by atoms with E-state index in [9.17, 15) is 8.42 Å². The Balaban J connectivity index is 0.00000210. The number of benzene rings is 2. The third kappa shape index (κ3) is 4.24. The molecule has 1 aliphatic heterocycles. The first-order valence-corrected chi connectivity index (χ1v) is 9.81. The minimum Gasteiger partial charge on any atom is -0.486 e. The molecule has 1 saturated heterocycles. The molecule has 0 aliphatic carbocycles. The first kappa shape index (κ1) is 19.6. The minimum absolute atomic E-state index is 0. The summed E-state index contributed by atoms with van der Waals surface area (Å²) >= 11 is 0. The van der Waals surface area contributed by atoms with E-state index in [1.807, 2.05) is 30.3 Å². The molecule has 9 heteroatoms. The molecule has 2 aromatic carbocycles. The predicted octanol–water partition coefficient (Wildman–Crippen LogP) is 2.58. The van der Waals surface area contributed by atoms with Crippen molar-refractivity contribution in [1.82, 2.24) is 14.3 Å². The fraction of sp³-hybridized carbons (Fsp3) is 0.278. The molecule has 0 radical (unpaired) electrons. The Morgan fingerprint density at radius 1 is 1.11 bits per heavy atom. The van der Waals surface area contributed by atoms with Crippen molar-refractivity contribution < 1.29 is 17.9 Å². The van der Waals surface area contributed by atoms with E-state index < -0.39 is 10.0 Å². The topological polar surface area (TPSA) is 84.5 Å². The maximum absolute atomic E-state index is 12.8. The summed E-state index contributed by atoms with van der Waals surface area (Å²) in [5.41, 5.74) is 1.38. The maximum Gasteiger partial charge on any atom is 0.243 e. The van der Waals surface area contributed by atoms with Crippen molar-refractivity contribution in [1.29, 1.82) is 0 Å². The summed E-state index contributed by atoms with van der Waals surface area (Å²) in [7, 11) is -3.53. The number of aromatic amines is 1. The lowest BCUT2D eigenvalue weighted by molar-refractivity contribution is 0.0730. The van der Waals surface area contributed by atoms with Gasteiger partial charge in [-0.3, -0.25) is 0 Å². The number of hydrogen-bond acceptors (Lipinski definition) is 5. The number of sulfonamides is 1. The second-order valence-electron chi connectivity index (χ2n) is 5.98. The van der Waals surface area contributed by atoms with Crippen LogP contribution in [0.2, 0.25) is 0 Å². The van der Waals surface area contributed by atoms with Crippen LogP contribution in [-0.2, 0) is 21.4 Å². The highest BCUT2D eigenvalue weighted by Gasteiger charge is 2.26. The van der Waals surface area contributed by atoms with Gasteiger partial charge in [-0.05, 0) is 30.3 Å². The monoisotopic (exact) mass is 409 g/mol. The maximum atomic E-state index is 12.8. The third-order valence-corrected chi connectivity index (χ3v) is 6.12. The predicted molar refractivity (Wildman–Crippen MR) is 104 cm³/mol. The van der Waals surface area contributed by atoms with Gasteiger partial charge < -0.3 is 14.5 Å². The number of nitrogens with one attached hydrogen (secondary N) is 1. The minimum atomic E-state index is -3.53. The number of rotatable bonds is 5. The summed E-state index contributed by atoms with van der Waals surface area (Å²) in [6.45, 7) is 1.88. The van der Waals surface area contributed by atoms with Crippen LogP contribution in [0, 0.1) is 0 Å². The number of H-pyrrole nitrogens is 1. The average Bonchev–Trinajstić information content (AvgIpc) is 3.10. The van der Waals surface area contributed by atoms with Gasteiger partial charge in [0.2, 0.25) is 10.0 Å². The van der Waals surface area contributed by atoms with Crippen molar-refractivity contribution >= 4 is 33.5 Å². The van der Waals surface area contributed by atoms with Gasteiger partial charge in [0.05, 0.1) is 29.1 Å². The quantitative estimate of drug-likeness (QED) is 0.700. The summed E-state index contributed by atoms with van der Waals surface area (Å²) in [5.74, 6) is 1.40. The largest absolute Gasteiger partial charge is 0.486 e. The Hall–Kier alpha value is -2.13. The van der Waals surface area contributed by atoms with Gasteiger partial charge in [0, 0.05) is 13.1 Å². The third-order valence-electron chi connectivity index (χ3n) is 4.23. The van der Waals surface area contributed by atoms with Crippen LogP contribution < -0.4 is 4.74 Å². The number of fused-ring (bicyclic) bond motifs is 1. The van der Waals surface area contributed by atoms with Gasteiger partial charge >= 0.3 is 0 Å². The van der Waals surface area contributed by atoms with E-state index >= 15 is 0 Å². The smallest absolute Gasteiger partial charge is 0.243 e. The van der Waals surface area contributed by atoms with Gasteiger partial charge in [-0.2, -0.15) is 4.31 Å². The van der Waals surface area contributed by atoms with E-state index in [0.29, 0.717) is 43.2 Å². The zero-order valence-corrected chi connectivity index (χ0v) is 16.1. The highest BCUT2D eigenvalue weighted by atomic mass is 35.5. The van der Waals surface area contributed by atoms with E-state index in [-0.39, 0.29) is 23.9 Å². The number of ether oxygens (including phenoxy) is 2. The van der Waals surface area contributed by atoms with E-state index in [0.717, 1.165) is 5.75 Å². The van der Waals surface area contributed by atoms with E-state index in [4.69, 9.17) is 9.47 Å². The molecule has 144 valence electrons. The Labute approximate surface area is 163 Å². The van der Waals surface area contributed by atoms with Crippen molar-refractivity contribution in [3.8, 4) is 5.75 Å². The van der Waals surface area contributed by atoms with Gasteiger partial charge in [0.15, 0.2) is 0 Å². The molecule has 3 aromatic rings. The zero-order chi connectivity index (χ0) is 18.0. The molecule has 2 heterocycles. The van der Waals surface area contributed by atoms with E-state index in [1.54, 1.807) is 18.2 Å². The van der Waals surface area contributed by atoms with Crippen molar-refractivity contribution in [3.63, 3.8) is 0 Å². The summed E-state index contributed by atoms with van der Waals surface area (Å²) in [6.07, 6.45) is 0. The Morgan fingerprint density at radius 2 is 1.85 bits per heavy atom. The molecule has 0 amide bonds. The van der Waals surface area contributed by atoms with Crippen molar-refractivity contribution in [2.75, 3.05) is 26.3 Å². The van der Waals surface area contributed by atoms with Gasteiger partial charge in [-0.15, -0.1) is 12.4 Å². The number of imidazole rings is 1. The van der Waals surface area contributed by atoms with Gasteiger partial charge in [0.1, 0.15) is 18.2 Å². The molecule has 4 rings (SSSR count). The van der Waals surface area contributed by atoms with Gasteiger partial charge in [-0.1, -0.05) is 18.2 Å². The number of morpholine rings is 1. The number of para-hydroxylation sites is 1.